The Hall–Kier alpha value is -3.67. The number of anilines is 1. The van der Waals surface area contributed by atoms with Crippen LogP contribution in [0.1, 0.15) is 5.56 Å². The SMILES string of the molecule is COc1ccc(CN=C(N)Nc2cccc(Oc3ccccc3)c2)cc1O. The maximum atomic E-state index is 9.81. The van der Waals surface area contributed by atoms with Crippen LogP contribution in [-0.2, 0) is 6.54 Å². The van der Waals surface area contributed by atoms with Gasteiger partial charge in [-0.25, -0.2) is 4.99 Å². The summed E-state index contributed by atoms with van der Waals surface area (Å²) in [6.07, 6.45) is 0. The van der Waals surface area contributed by atoms with Crippen LogP contribution in [0.2, 0.25) is 0 Å². The molecule has 6 heteroatoms. The van der Waals surface area contributed by atoms with E-state index in [0.29, 0.717) is 18.0 Å². The van der Waals surface area contributed by atoms with Crippen LogP contribution < -0.4 is 20.5 Å². The Morgan fingerprint density at radius 3 is 2.52 bits per heavy atom. The molecular formula is C21H21N3O3. The molecule has 0 aromatic heterocycles. The fourth-order valence-electron chi connectivity index (χ4n) is 2.46. The third kappa shape index (κ3) is 5.15. The summed E-state index contributed by atoms with van der Waals surface area (Å²) in [6.45, 7) is 0.330. The number of hydrogen-bond donors (Lipinski definition) is 3. The van der Waals surface area contributed by atoms with E-state index < -0.39 is 0 Å². The van der Waals surface area contributed by atoms with Crippen LogP contribution in [0.15, 0.2) is 77.8 Å². The average molecular weight is 363 g/mol. The molecule has 0 saturated carbocycles. The van der Waals surface area contributed by atoms with E-state index in [1.807, 2.05) is 60.7 Å². The van der Waals surface area contributed by atoms with Gasteiger partial charge in [0.05, 0.1) is 13.7 Å². The van der Waals surface area contributed by atoms with Gasteiger partial charge in [0.2, 0.25) is 0 Å². The molecule has 0 atom stereocenters. The van der Waals surface area contributed by atoms with Crippen molar-refractivity contribution in [3.63, 3.8) is 0 Å². The third-order valence-corrected chi connectivity index (χ3v) is 3.76. The highest BCUT2D eigenvalue weighted by atomic mass is 16.5. The first-order valence-electron chi connectivity index (χ1n) is 8.40. The molecule has 4 N–H and O–H groups in total. The molecule has 6 nitrogen and oxygen atoms in total. The number of hydrogen-bond acceptors (Lipinski definition) is 4. The summed E-state index contributed by atoms with van der Waals surface area (Å²) in [4.78, 5) is 4.29. The summed E-state index contributed by atoms with van der Waals surface area (Å²) in [5.74, 6) is 2.21. The van der Waals surface area contributed by atoms with Gasteiger partial charge in [0.1, 0.15) is 11.5 Å². The first kappa shape index (κ1) is 18.1. The molecule has 0 bridgehead atoms. The number of guanidine groups is 1. The lowest BCUT2D eigenvalue weighted by molar-refractivity contribution is 0.373. The van der Waals surface area contributed by atoms with Gasteiger partial charge in [-0.05, 0) is 42.0 Å². The lowest BCUT2D eigenvalue weighted by Gasteiger charge is -2.09. The summed E-state index contributed by atoms with van der Waals surface area (Å²) < 4.78 is 10.8. The van der Waals surface area contributed by atoms with Crippen molar-refractivity contribution in [2.24, 2.45) is 10.7 Å². The first-order chi connectivity index (χ1) is 13.1. The zero-order chi connectivity index (χ0) is 19.1. The van der Waals surface area contributed by atoms with Gasteiger partial charge < -0.3 is 25.6 Å². The molecule has 0 spiro atoms. The quantitative estimate of drug-likeness (QED) is 0.453. The van der Waals surface area contributed by atoms with Crippen LogP contribution in [0, 0.1) is 0 Å². The van der Waals surface area contributed by atoms with E-state index in [2.05, 4.69) is 10.3 Å². The minimum atomic E-state index is 0.0718. The Kier molecular flexibility index (Phi) is 5.79. The minimum Gasteiger partial charge on any atom is -0.504 e. The number of nitrogens with one attached hydrogen (secondary N) is 1. The number of ether oxygens (including phenoxy) is 2. The molecule has 0 saturated heterocycles. The number of methoxy groups -OCH3 is 1. The summed E-state index contributed by atoms with van der Waals surface area (Å²) in [5.41, 5.74) is 7.55. The van der Waals surface area contributed by atoms with Crippen molar-refractivity contribution in [3.05, 3.63) is 78.4 Å². The number of nitrogens with zero attached hydrogens (tertiary/aromatic N) is 1. The predicted molar refractivity (Wildman–Crippen MR) is 107 cm³/mol. The summed E-state index contributed by atoms with van der Waals surface area (Å²) in [7, 11) is 1.50. The predicted octanol–water partition coefficient (Wildman–Crippen LogP) is 4.12. The standard InChI is InChI=1S/C21H21N3O3/c1-26-20-11-10-15(12-19(20)25)14-23-21(22)24-16-6-5-9-18(13-16)27-17-7-3-2-4-8-17/h2-13,25H,14H2,1H3,(H3,22,23,24). The smallest absolute Gasteiger partial charge is 0.193 e. The van der Waals surface area contributed by atoms with Crippen molar-refractivity contribution < 1.29 is 14.6 Å². The van der Waals surface area contributed by atoms with E-state index in [0.717, 1.165) is 17.0 Å². The van der Waals surface area contributed by atoms with Gasteiger partial charge >= 0.3 is 0 Å². The molecule has 3 aromatic carbocycles. The van der Waals surface area contributed by atoms with Gasteiger partial charge in [-0.3, -0.25) is 0 Å². The number of benzene rings is 3. The van der Waals surface area contributed by atoms with Crippen LogP contribution in [0.5, 0.6) is 23.0 Å². The number of rotatable bonds is 6. The minimum absolute atomic E-state index is 0.0718. The molecule has 0 amide bonds. The summed E-state index contributed by atoms with van der Waals surface area (Å²) in [6, 6.07) is 22.1. The van der Waals surface area contributed by atoms with E-state index in [-0.39, 0.29) is 11.7 Å². The summed E-state index contributed by atoms with van der Waals surface area (Å²) in [5, 5.41) is 12.8. The molecule has 0 fully saturated rings. The lowest BCUT2D eigenvalue weighted by atomic mass is 10.2. The Labute approximate surface area is 157 Å². The van der Waals surface area contributed by atoms with Crippen LogP contribution in [-0.4, -0.2) is 18.2 Å². The Bertz CT molecular complexity index is 927. The molecule has 0 aliphatic heterocycles. The normalized spacial score (nSPS) is 11.1. The van der Waals surface area contributed by atoms with Crippen LogP contribution in [0.3, 0.4) is 0 Å². The third-order valence-electron chi connectivity index (χ3n) is 3.76. The highest BCUT2D eigenvalue weighted by Gasteiger charge is 2.03. The molecule has 0 aliphatic rings. The van der Waals surface area contributed by atoms with Crippen molar-refractivity contribution in [1.29, 1.82) is 0 Å². The van der Waals surface area contributed by atoms with Crippen molar-refractivity contribution >= 4 is 11.6 Å². The molecule has 138 valence electrons. The van der Waals surface area contributed by atoms with E-state index in [9.17, 15) is 5.11 Å². The molecule has 3 rings (SSSR count). The van der Waals surface area contributed by atoms with E-state index >= 15 is 0 Å². The lowest BCUT2D eigenvalue weighted by Crippen LogP contribution is -2.22. The fourth-order valence-corrected chi connectivity index (χ4v) is 2.46. The zero-order valence-electron chi connectivity index (χ0n) is 14.9. The van der Waals surface area contributed by atoms with E-state index in [1.165, 1.54) is 7.11 Å². The maximum Gasteiger partial charge on any atom is 0.193 e. The van der Waals surface area contributed by atoms with Gasteiger partial charge in [-0.2, -0.15) is 0 Å². The van der Waals surface area contributed by atoms with Crippen molar-refractivity contribution in [3.8, 4) is 23.0 Å². The van der Waals surface area contributed by atoms with Crippen molar-refractivity contribution in [1.82, 2.24) is 0 Å². The largest absolute Gasteiger partial charge is 0.504 e. The second-order valence-corrected chi connectivity index (χ2v) is 5.78. The van der Waals surface area contributed by atoms with Gasteiger partial charge in [-0.15, -0.1) is 0 Å². The first-order valence-corrected chi connectivity index (χ1v) is 8.40. The Morgan fingerprint density at radius 2 is 1.78 bits per heavy atom. The molecule has 0 aliphatic carbocycles. The molecular weight excluding hydrogens is 342 g/mol. The van der Waals surface area contributed by atoms with Gasteiger partial charge in [0.15, 0.2) is 17.5 Å². The van der Waals surface area contributed by atoms with Gasteiger partial charge in [0.25, 0.3) is 0 Å². The number of nitrogens with two attached hydrogens (primary N) is 1. The van der Waals surface area contributed by atoms with Gasteiger partial charge in [-0.1, -0.05) is 30.3 Å². The van der Waals surface area contributed by atoms with E-state index in [4.69, 9.17) is 15.2 Å². The zero-order valence-corrected chi connectivity index (χ0v) is 14.9. The monoisotopic (exact) mass is 363 g/mol. The highest BCUT2D eigenvalue weighted by Crippen LogP contribution is 2.26. The van der Waals surface area contributed by atoms with E-state index in [1.54, 1.807) is 12.1 Å². The maximum absolute atomic E-state index is 9.81. The number of para-hydroxylation sites is 1. The molecule has 27 heavy (non-hydrogen) atoms. The van der Waals surface area contributed by atoms with Crippen LogP contribution in [0.25, 0.3) is 0 Å². The Balaban J connectivity index is 1.63. The number of phenolic OH excluding ortho intramolecular Hbond substituents is 1. The fraction of sp³-hybridized carbons (Fsp3) is 0.0952. The summed E-state index contributed by atoms with van der Waals surface area (Å²) >= 11 is 0. The molecule has 0 radical (unpaired) electrons. The Morgan fingerprint density at radius 1 is 1.00 bits per heavy atom. The number of phenols is 1. The number of aromatic hydroxyl groups is 1. The van der Waals surface area contributed by atoms with Crippen LogP contribution >= 0.6 is 0 Å². The second kappa shape index (κ2) is 8.62. The molecule has 0 heterocycles. The van der Waals surface area contributed by atoms with Crippen LogP contribution in [0.4, 0.5) is 5.69 Å². The highest BCUT2D eigenvalue weighted by molar-refractivity contribution is 5.92. The van der Waals surface area contributed by atoms with Crippen molar-refractivity contribution in [2.75, 3.05) is 12.4 Å². The number of aliphatic imine (C=N–C) groups is 1. The molecule has 0 unspecified atom stereocenters. The topological polar surface area (TPSA) is 89.1 Å². The second-order valence-electron chi connectivity index (χ2n) is 5.78. The van der Waals surface area contributed by atoms with Crippen molar-refractivity contribution in [2.45, 2.75) is 6.54 Å². The van der Waals surface area contributed by atoms with Gasteiger partial charge in [0, 0.05) is 11.8 Å². The average Bonchev–Trinajstić information content (AvgIpc) is 2.67. The molecule has 3 aromatic rings.